The standard InChI is InChI=1S/C15H21N3O2/c1-3-12-10(7-8-20-12)9-18-11-5-4-6-13(19-2)14(11)17-15(18)16/h4-6,10,12H,3,7-9H2,1-2H3,(H2,16,17). The summed E-state index contributed by atoms with van der Waals surface area (Å²) in [6, 6.07) is 5.92. The summed E-state index contributed by atoms with van der Waals surface area (Å²) < 4.78 is 13.2. The van der Waals surface area contributed by atoms with Crippen LogP contribution in [0.1, 0.15) is 19.8 Å². The van der Waals surface area contributed by atoms with Crippen molar-refractivity contribution in [1.29, 1.82) is 0 Å². The summed E-state index contributed by atoms with van der Waals surface area (Å²) in [6.45, 7) is 3.87. The fourth-order valence-corrected chi connectivity index (χ4v) is 3.08. The molecule has 1 fully saturated rings. The number of hydrogen-bond acceptors (Lipinski definition) is 4. The SMILES string of the molecule is CCC1OCCC1Cn1c(N)nc2c(OC)cccc21. The molecule has 0 radical (unpaired) electrons. The summed E-state index contributed by atoms with van der Waals surface area (Å²) in [5, 5.41) is 0. The molecule has 1 aliphatic rings. The molecule has 1 aliphatic heterocycles. The Bertz CT molecular complexity index is 608. The molecule has 2 heterocycles. The lowest BCUT2D eigenvalue weighted by Gasteiger charge is -2.18. The zero-order chi connectivity index (χ0) is 14.1. The minimum absolute atomic E-state index is 0.331. The Hall–Kier alpha value is -1.75. The van der Waals surface area contributed by atoms with E-state index in [0.717, 1.165) is 42.8 Å². The molecule has 0 aliphatic carbocycles. The van der Waals surface area contributed by atoms with Crippen LogP contribution < -0.4 is 10.5 Å². The van der Waals surface area contributed by atoms with Crippen molar-refractivity contribution in [2.45, 2.75) is 32.4 Å². The highest BCUT2D eigenvalue weighted by Gasteiger charge is 2.28. The van der Waals surface area contributed by atoms with Crippen LogP contribution in [-0.2, 0) is 11.3 Å². The first-order valence-corrected chi connectivity index (χ1v) is 7.15. The zero-order valence-corrected chi connectivity index (χ0v) is 12.0. The van der Waals surface area contributed by atoms with Crippen LogP contribution in [0.15, 0.2) is 18.2 Å². The van der Waals surface area contributed by atoms with Gasteiger partial charge in [-0.2, -0.15) is 0 Å². The predicted molar refractivity (Wildman–Crippen MR) is 78.8 cm³/mol. The number of para-hydroxylation sites is 1. The minimum Gasteiger partial charge on any atom is -0.494 e. The van der Waals surface area contributed by atoms with Gasteiger partial charge in [0.05, 0.1) is 18.7 Å². The Balaban J connectivity index is 1.97. The monoisotopic (exact) mass is 275 g/mol. The summed E-state index contributed by atoms with van der Waals surface area (Å²) in [5.41, 5.74) is 7.96. The average molecular weight is 275 g/mol. The molecule has 2 N–H and O–H groups in total. The van der Waals surface area contributed by atoms with Crippen molar-refractivity contribution in [3.05, 3.63) is 18.2 Å². The summed E-state index contributed by atoms with van der Waals surface area (Å²) >= 11 is 0. The van der Waals surface area contributed by atoms with E-state index in [1.165, 1.54) is 0 Å². The molecule has 108 valence electrons. The Morgan fingerprint density at radius 3 is 3.10 bits per heavy atom. The quantitative estimate of drug-likeness (QED) is 0.931. The van der Waals surface area contributed by atoms with Gasteiger partial charge in [-0.3, -0.25) is 0 Å². The van der Waals surface area contributed by atoms with Crippen LogP contribution in [0.25, 0.3) is 11.0 Å². The molecule has 1 aromatic carbocycles. The molecule has 2 aromatic rings. The van der Waals surface area contributed by atoms with Gasteiger partial charge < -0.3 is 19.8 Å². The van der Waals surface area contributed by atoms with E-state index < -0.39 is 0 Å². The normalized spacial score (nSPS) is 22.5. The second-order valence-corrected chi connectivity index (χ2v) is 5.27. The van der Waals surface area contributed by atoms with Gasteiger partial charge in [-0.25, -0.2) is 4.98 Å². The number of hydrogen-bond donors (Lipinski definition) is 1. The molecule has 0 saturated carbocycles. The van der Waals surface area contributed by atoms with Crippen LogP contribution in [0.2, 0.25) is 0 Å². The number of nitrogens with two attached hydrogens (primary N) is 1. The van der Waals surface area contributed by atoms with Gasteiger partial charge in [0, 0.05) is 19.1 Å². The van der Waals surface area contributed by atoms with E-state index in [9.17, 15) is 0 Å². The summed E-state index contributed by atoms with van der Waals surface area (Å²) in [6.07, 6.45) is 2.46. The highest BCUT2D eigenvalue weighted by Crippen LogP contribution is 2.31. The fraction of sp³-hybridized carbons (Fsp3) is 0.533. The maximum atomic E-state index is 6.10. The predicted octanol–water partition coefficient (Wildman–Crippen LogP) is 2.44. The maximum absolute atomic E-state index is 6.10. The van der Waals surface area contributed by atoms with Gasteiger partial charge in [-0.1, -0.05) is 13.0 Å². The number of anilines is 1. The van der Waals surface area contributed by atoms with E-state index in [4.69, 9.17) is 15.2 Å². The van der Waals surface area contributed by atoms with Crippen LogP contribution in [0, 0.1) is 5.92 Å². The Morgan fingerprint density at radius 1 is 1.50 bits per heavy atom. The summed E-state index contributed by atoms with van der Waals surface area (Å²) in [4.78, 5) is 4.45. The molecular weight excluding hydrogens is 254 g/mol. The van der Waals surface area contributed by atoms with Gasteiger partial charge in [0.15, 0.2) is 0 Å². The Morgan fingerprint density at radius 2 is 2.35 bits per heavy atom. The largest absolute Gasteiger partial charge is 0.494 e. The van der Waals surface area contributed by atoms with Gasteiger partial charge in [0.2, 0.25) is 5.95 Å². The number of ether oxygens (including phenoxy) is 2. The first-order chi connectivity index (χ1) is 9.74. The number of fused-ring (bicyclic) bond motifs is 1. The number of methoxy groups -OCH3 is 1. The number of benzene rings is 1. The lowest BCUT2D eigenvalue weighted by Crippen LogP contribution is -2.21. The Labute approximate surface area is 118 Å². The highest BCUT2D eigenvalue weighted by atomic mass is 16.5. The molecule has 0 amide bonds. The minimum atomic E-state index is 0.331. The van der Waals surface area contributed by atoms with Gasteiger partial charge in [-0.15, -0.1) is 0 Å². The molecule has 20 heavy (non-hydrogen) atoms. The van der Waals surface area contributed by atoms with Crippen LogP contribution in [0.4, 0.5) is 5.95 Å². The molecule has 3 rings (SSSR count). The number of imidazole rings is 1. The van der Waals surface area contributed by atoms with Crippen LogP contribution in [-0.4, -0.2) is 29.4 Å². The van der Waals surface area contributed by atoms with E-state index >= 15 is 0 Å². The van der Waals surface area contributed by atoms with Gasteiger partial charge in [0.25, 0.3) is 0 Å². The van der Waals surface area contributed by atoms with E-state index in [-0.39, 0.29) is 0 Å². The molecule has 5 heteroatoms. The third kappa shape index (κ3) is 2.12. The second-order valence-electron chi connectivity index (χ2n) is 5.27. The fourth-order valence-electron chi connectivity index (χ4n) is 3.08. The third-order valence-corrected chi connectivity index (χ3v) is 4.16. The molecule has 0 spiro atoms. The summed E-state index contributed by atoms with van der Waals surface area (Å²) in [7, 11) is 1.65. The van der Waals surface area contributed by atoms with E-state index in [2.05, 4.69) is 16.5 Å². The van der Waals surface area contributed by atoms with Crippen molar-refractivity contribution in [3.63, 3.8) is 0 Å². The number of rotatable bonds is 4. The highest BCUT2D eigenvalue weighted by molar-refractivity contribution is 5.84. The first kappa shape index (κ1) is 13.2. The van der Waals surface area contributed by atoms with Gasteiger partial charge >= 0.3 is 0 Å². The lowest BCUT2D eigenvalue weighted by molar-refractivity contribution is 0.0839. The number of nitrogens with zero attached hydrogens (tertiary/aromatic N) is 2. The van der Waals surface area contributed by atoms with Crippen molar-refractivity contribution in [1.82, 2.24) is 9.55 Å². The topological polar surface area (TPSA) is 62.3 Å². The van der Waals surface area contributed by atoms with Crippen molar-refractivity contribution in [2.24, 2.45) is 5.92 Å². The first-order valence-electron chi connectivity index (χ1n) is 7.15. The second kappa shape index (κ2) is 5.32. The molecule has 2 atom stereocenters. The third-order valence-electron chi connectivity index (χ3n) is 4.16. The molecule has 0 bridgehead atoms. The maximum Gasteiger partial charge on any atom is 0.201 e. The van der Waals surface area contributed by atoms with Crippen LogP contribution >= 0.6 is 0 Å². The zero-order valence-electron chi connectivity index (χ0n) is 12.0. The lowest BCUT2D eigenvalue weighted by atomic mass is 9.99. The summed E-state index contributed by atoms with van der Waals surface area (Å²) in [5.74, 6) is 1.82. The van der Waals surface area contributed by atoms with Crippen LogP contribution in [0.5, 0.6) is 5.75 Å². The smallest absolute Gasteiger partial charge is 0.201 e. The van der Waals surface area contributed by atoms with Crippen LogP contribution in [0.3, 0.4) is 0 Å². The van der Waals surface area contributed by atoms with Gasteiger partial charge in [0.1, 0.15) is 11.3 Å². The Kier molecular flexibility index (Phi) is 3.53. The van der Waals surface area contributed by atoms with E-state index in [0.29, 0.717) is 18.0 Å². The van der Waals surface area contributed by atoms with Crippen molar-refractivity contribution < 1.29 is 9.47 Å². The number of aromatic nitrogens is 2. The van der Waals surface area contributed by atoms with E-state index in [1.54, 1.807) is 7.11 Å². The molecule has 2 unspecified atom stereocenters. The number of nitrogen functional groups attached to an aromatic ring is 1. The van der Waals surface area contributed by atoms with Crippen molar-refractivity contribution >= 4 is 17.0 Å². The van der Waals surface area contributed by atoms with Crippen molar-refractivity contribution in [2.75, 3.05) is 19.5 Å². The molecular formula is C15H21N3O2. The molecule has 1 aromatic heterocycles. The molecule has 1 saturated heterocycles. The van der Waals surface area contributed by atoms with E-state index in [1.807, 2.05) is 18.2 Å². The average Bonchev–Trinajstić information content (AvgIpc) is 3.04. The molecule has 5 nitrogen and oxygen atoms in total. The van der Waals surface area contributed by atoms with Gasteiger partial charge in [-0.05, 0) is 25.0 Å². The van der Waals surface area contributed by atoms with Crippen molar-refractivity contribution in [3.8, 4) is 5.75 Å².